The van der Waals surface area contributed by atoms with Crippen LogP contribution in [-0.2, 0) is 6.54 Å². The van der Waals surface area contributed by atoms with Crippen LogP contribution in [0.15, 0.2) is 36.4 Å². The molecular weight excluding hydrogens is 376 g/mol. The minimum Gasteiger partial charge on any atom is -0.354 e. The third-order valence-electron chi connectivity index (χ3n) is 5.47. The first-order chi connectivity index (χ1) is 13.6. The van der Waals surface area contributed by atoms with Crippen LogP contribution < -0.4 is 10.6 Å². The van der Waals surface area contributed by atoms with E-state index in [1.54, 1.807) is 0 Å². The van der Waals surface area contributed by atoms with E-state index in [-0.39, 0.29) is 11.8 Å². The zero-order valence-electron chi connectivity index (χ0n) is 15.1. The van der Waals surface area contributed by atoms with Crippen molar-refractivity contribution in [3.8, 4) is 11.3 Å². The molecule has 1 saturated heterocycles. The molecule has 6 nitrogen and oxygen atoms in total. The fraction of sp³-hybridized carbons (Fsp3) is 0.238. The van der Waals surface area contributed by atoms with Crippen LogP contribution in [0.25, 0.3) is 22.2 Å². The number of aromatic amines is 1. The van der Waals surface area contributed by atoms with E-state index in [9.17, 15) is 9.59 Å². The van der Waals surface area contributed by atoms with Gasteiger partial charge in [0.1, 0.15) is 0 Å². The van der Waals surface area contributed by atoms with Crippen LogP contribution in [0.2, 0.25) is 5.02 Å². The summed E-state index contributed by atoms with van der Waals surface area (Å²) in [6.07, 6.45) is 0. The highest BCUT2D eigenvalue weighted by atomic mass is 35.5. The van der Waals surface area contributed by atoms with E-state index < -0.39 is 0 Å². The lowest BCUT2D eigenvalue weighted by molar-refractivity contribution is 0.0735. The van der Waals surface area contributed by atoms with Gasteiger partial charge in [-0.25, -0.2) is 0 Å². The van der Waals surface area contributed by atoms with E-state index in [4.69, 9.17) is 11.6 Å². The first-order valence-electron chi connectivity index (χ1n) is 9.34. The second-order valence-corrected chi connectivity index (χ2v) is 7.57. The molecule has 2 aliphatic rings. The molecule has 3 N–H and O–H groups in total. The molecule has 5 rings (SSSR count). The standard InChI is InChI=1S/C21H19ClN4O2/c22-16-4-3-14(19-15(16)11-24-20(19)27)18-9-12-1-2-13(10-17(12)25-18)21(28)26-7-5-23-6-8-26/h1-4,9-10,23,25H,5-8,11H2,(H,24,27). The molecule has 2 aromatic carbocycles. The number of halogens is 1. The largest absolute Gasteiger partial charge is 0.354 e. The molecule has 2 aliphatic heterocycles. The van der Waals surface area contributed by atoms with E-state index in [0.717, 1.165) is 53.9 Å². The van der Waals surface area contributed by atoms with Crippen LogP contribution in [0.5, 0.6) is 0 Å². The number of H-pyrrole nitrogens is 1. The third-order valence-corrected chi connectivity index (χ3v) is 5.83. The van der Waals surface area contributed by atoms with E-state index in [0.29, 0.717) is 22.7 Å². The maximum atomic E-state index is 12.8. The van der Waals surface area contributed by atoms with Crippen molar-refractivity contribution in [2.45, 2.75) is 6.54 Å². The van der Waals surface area contributed by atoms with E-state index in [1.165, 1.54) is 0 Å². The van der Waals surface area contributed by atoms with Gasteiger partial charge in [-0.3, -0.25) is 9.59 Å². The average molecular weight is 395 g/mol. The van der Waals surface area contributed by atoms with Gasteiger partial charge in [-0.1, -0.05) is 23.7 Å². The van der Waals surface area contributed by atoms with Gasteiger partial charge in [-0.15, -0.1) is 0 Å². The number of hydrogen-bond donors (Lipinski definition) is 3. The molecule has 0 saturated carbocycles. The zero-order valence-corrected chi connectivity index (χ0v) is 15.9. The number of nitrogens with zero attached hydrogens (tertiary/aromatic N) is 1. The van der Waals surface area contributed by atoms with Crippen molar-refractivity contribution in [2.24, 2.45) is 0 Å². The van der Waals surface area contributed by atoms with E-state index >= 15 is 0 Å². The number of rotatable bonds is 2. The Balaban J connectivity index is 1.54. The van der Waals surface area contributed by atoms with Gasteiger partial charge in [0, 0.05) is 71.0 Å². The van der Waals surface area contributed by atoms with Crippen LogP contribution in [0, 0.1) is 0 Å². The molecule has 142 valence electrons. The van der Waals surface area contributed by atoms with Crippen molar-refractivity contribution < 1.29 is 9.59 Å². The van der Waals surface area contributed by atoms with Crippen molar-refractivity contribution >= 4 is 34.3 Å². The number of amides is 2. The normalized spacial score (nSPS) is 16.3. The molecule has 28 heavy (non-hydrogen) atoms. The summed E-state index contributed by atoms with van der Waals surface area (Å²) in [5, 5.41) is 7.68. The summed E-state index contributed by atoms with van der Waals surface area (Å²) in [4.78, 5) is 30.3. The molecule has 1 fully saturated rings. The number of nitrogens with one attached hydrogen (secondary N) is 3. The summed E-state index contributed by atoms with van der Waals surface area (Å²) in [5.74, 6) is -0.0629. The van der Waals surface area contributed by atoms with Gasteiger partial charge in [-0.2, -0.15) is 0 Å². The van der Waals surface area contributed by atoms with Gasteiger partial charge in [-0.05, 0) is 24.3 Å². The van der Waals surface area contributed by atoms with Crippen LogP contribution in [0.4, 0.5) is 0 Å². The van der Waals surface area contributed by atoms with Gasteiger partial charge in [0.2, 0.25) is 0 Å². The summed E-state index contributed by atoms with van der Waals surface area (Å²) in [7, 11) is 0. The SMILES string of the molecule is O=C1NCc2c(Cl)ccc(-c3cc4ccc(C(=O)N5CCNCC5)cc4[nH]3)c21. The Hall–Kier alpha value is -2.83. The van der Waals surface area contributed by atoms with Gasteiger partial charge >= 0.3 is 0 Å². The van der Waals surface area contributed by atoms with Crippen molar-refractivity contribution in [3.63, 3.8) is 0 Å². The molecular formula is C21H19ClN4O2. The Bertz CT molecular complexity index is 1120. The van der Waals surface area contributed by atoms with Gasteiger partial charge in [0.25, 0.3) is 11.8 Å². The zero-order chi connectivity index (χ0) is 19.3. The summed E-state index contributed by atoms with van der Waals surface area (Å²) < 4.78 is 0. The second-order valence-electron chi connectivity index (χ2n) is 7.16. The Labute approximate surface area is 166 Å². The average Bonchev–Trinajstić information content (AvgIpc) is 3.32. The summed E-state index contributed by atoms with van der Waals surface area (Å²) >= 11 is 6.25. The van der Waals surface area contributed by atoms with Crippen LogP contribution in [0.3, 0.4) is 0 Å². The Kier molecular flexibility index (Phi) is 4.10. The van der Waals surface area contributed by atoms with Gasteiger partial charge < -0.3 is 20.5 Å². The third kappa shape index (κ3) is 2.77. The first-order valence-corrected chi connectivity index (χ1v) is 9.72. The number of hydrogen-bond acceptors (Lipinski definition) is 3. The molecule has 2 amide bonds. The Morgan fingerprint density at radius 3 is 2.71 bits per heavy atom. The molecule has 0 aliphatic carbocycles. The van der Waals surface area contributed by atoms with Crippen LogP contribution >= 0.6 is 11.6 Å². The smallest absolute Gasteiger partial charge is 0.254 e. The number of fused-ring (bicyclic) bond motifs is 2. The Morgan fingerprint density at radius 2 is 1.89 bits per heavy atom. The molecule has 1 aromatic heterocycles. The maximum absolute atomic E-state index is 12.8. The number of aromatic nitrogens is 1. The van der Waals surface area contributed by atoms with Crippen LogP contribution in [-0.4, -0.2) is 47.9 Å². The van der Waals surface area contributed by atoms with E-state index in [2.05, 4.69) is 15.6 Å². The monoisotopic (exact) mass is 394 g/mol. The second kappa shape index (κ2) is 6.65. The van der Waals surface area contributed by atoms with Gasteiger partial charge in [0.05, 0.1) is 5.56 Å². The number of piperazine rings is 1. The molecule has 0 bridgehead atoms. The first kappa shape index (κ1) is 17.3. The number of benzene rings is 2. The van der Waals surface area contributed by atoms with Crippen LogP contribution in [0.1, 0.15) is 26.3 Å². The predicted molar refractivity (Wildman–Crippen MR) is 109 cm³/mol. The summed E-state index contributed by atoms with van der Waals surface area (Å²) in [6, 6.07) is 11.4. The lowest BCUT2D eigenvalue weighted by atomic mass is 10.0. The molecule has 7 heteroatoms. The molecule has 0 atom stereocenters. The lowest BCUT2D eigenvalue weighted by Crippen LogP contribution is -2.46. The quantitative estimate of drug-likeness (QED) is 0.625. The summed E-state index contributed by atoms with van der Waals surface area (Å²) in [6.45, 7) is 3.54. The lowest BCUT2D eigenvalue weighted by Gasteiger charge is -2.27. The predicted octanol–water partition coefficient (Wildman–Crippen LogP) is 2.78. The Morgan fingerprint density at radius 1 is 1.07 bits per heavy atom. The molecule has 3 heterocycles. The topological polar surface area (TPSA) is 77.2 Å². The van der Waals surface area contributed by atoms with E-state index in [1.807, 2.05) is 41.3 Å². The number of carbonyl (C=O) groups excluding carboxylic acids is 2. The number of carbonyl (C=O) groups is 2. The highest BCUT2D eigenvalue weighted by molar-refractivity contribution is 6.32. The highest BCUT2D eigenvalue weighted by Crippen LogP contribution is 2.34. The van der Waals surface area contributed by atoms with Crippen molar-refractivity contribution in [2.75, 3.05) is 26.2 Å². The molecule has 0 radical (unpaired) electrons. The minimum atomic E-state index is -0.110. The molecule has 0 spiro atoms. The highest BCUT2D eigenvalue weighted by Gasteiger charge is 2.26. The van der Waals surface area contributed by atoms with Gasteiger partial charge in [0.15, 0.2) is 0 Å². The minimum absolute atomic E-state index is 0.0475. The van der Waals surface area contributed by atoms with Crippen molar-refractivity contribution in [3.05, 3.63) is 58.1 Å². The molecule has 3 aromatic rings. The summed E-state index contributed by atoms with van der Waals surface area (Å²) in [5.41, 5.74) is 4.65. The fourth-order valence-electron chi connectivity index (χ4n) is 3.99. The fourth-order valence-corrected chi connectivity index (χ4v) is 4.22. The molecule has 0 unspecified atom stereocenters. The maximum Gasteiger partial charge on any atom is 0.254 e. The van der Waals surface area contributed by atoms with Crippen molar-refractivity contribution in [1.82, 2.24) is 20.5 Å². The van der Waals surface area contributed by atoms with Crippen molar-refractivity contribution in [1.29, 1.82) is 0 Å².